The number of hydrogen-bond acceptors (Lipinski definition) is 2. The van der Waals surface area contributed by atoms with E-state index in [2.05, 4.69) is 10.6 Å². The van der Waals surface area contributed by atoms with Crippen LogP contribution < -0.4 is 10.6 Å². The Morgan fingerprint density at radius 1 is 1.07 bits per heavy atom. The Labute approximate surface area is 159 Å². The van der Waals surface area contributed by atoms with Crippen molar-refractivity contribution in [1.82, 2.24) is 15.5 Å². The van der Waals surface area contributed by atoms with Gasteiger partial charge in [0.2, 0.25) is 0 Å². The third kappa shape index (κ3) is 5.76. The molecule has 0 fully saturated rings. The van der Waals surface area contributed by atoms with Crippen LogP contribution in [0.25, 0.3) is 0 Å². The van der Waals surface area contributed by atoms with Crippen molar-refractivity contribution < 1.29 is 13.6 Å². The number of amides is 2. The first-order valence-electron chi connectivity index (χ1n) is 8.89. The Kier molecular flexibility index (Phi) is 6.91. The Balaban J connectivity index is 1.94. The molecule has 0 heterocycles. The maximum atomic E-state index is 14.0. The van der Waals surface area contributed by atoms with E-state index in [1.165, 1.54) is 18.2 Å². The monoisotopic (exact) mass is 375 g/mol. The Hall–Kier alpha value is -2.47. The maximum absolute atomic E-state index is 14.0. The van der Waals surface area contributed by atoms with Crippen LogP contribution in [0, 0.1) is 11.6 Å². The number of carbonyl (C=O) groups is 1. The smallest absolute Gasteiger partial charge is 0.314 e. The number of nitrogens with one attached hydrogen (secondary N) is 2. The standard InChI is InChI=1S/C21H27F2N3O/c1-21(2,17-10-5-6-11-18(17)23)14-25-20(27)24-13-19(26(3)4)15-8-7-9-16(22)12-15/h5-12,19H,13-14H2,1-4H3,(H2,24,25,27). The summed E-state index contributed by atoms with van der Waals surface area (Å²) in [5.41, 5.74) is 0.787. The minimum Gasteiger partial charge on any atom is -0.337 e. The lowest BCUT2D eigenvalue weighted by Gasteiger charge is -2.27. The van der Waals surface area contributed by atoms with Crippen LogP contribution in [0.3, 0.4) is 0 Å². The summed E-state index contributed by atoms with van der Waals surface area (Å²) in [6, 6.07) is 12.4. The number of hydrogen-bond donors (Lipinski definition) is 2. The van der Waals surface area contributed by atoms with Gasteiger partial charge in [0.1, 0.15) is 11.6 Å². The van der Waals surface area contributed by atoms with Gasteiger partial charge in [-0.3, -0.25) is 0 Å². The third-order valence-corrected chi connectivity index (χ3v) is 4.61. The molecule has 0 aliphatic heterocycles. The van der Waals surface area contributed by atoms with Crippen molar-refractivity contribution in [2.45, 2.75) is 25.3 Å². The number of carbonyl (C=O) groups excluding carboxylic acids is 1. The fourth-order valence-electron chi connectivity index (χ4n) is 2.97. The van der Waals surface area contributed by atoms with Crippen molar-refractivity contribution in [3.63, 3.8) is 0 Å². The quantitative estimate of drug-likeness (QED) is 0.772. The van der Waals surface area contributed by atoms with Gasteiger partial charge in [0, 0.05) is 18.5 Å². The highest BCUT2D eigenvalue weighted by molar-refractivity contribution is 5.74. The molecule has 2 N–H and O–H groups in total. The van der Waals surface area contributed by atoms with Gasteiger partial charge >= 0.3 is 6.03 Å². The lowest BCUT2D eigenvalue weighted by Crippen LogP contribution is -2.44. The molecule has 4 nitrogen and oxygen atoms in total. The Morgan fingerprint density at radius 2 is 1.78 bits per heavy atom. The molecule has 2 rings (SSSR count). The number of halogens is 2. The largest absolute Gasteiger partial charge is 0.337 e. The molecule has 0 aromatic heterocycles. The first-order chi connectivity index (χ1) is 12.7. The second kappa shape index (κ2) is 8.95. The Bertz CT molecular complexity index is 778. The van der Waals surface area contributed by atoms with Gasteiger partial charge in [-0.2, -0.15) is 0 Å². The van der Waals surface area contributed by atoms with Gasteiger partial charge in [-0.15, -0.1) is 0 Å². The van der Waals surface area contributed by atoms with Crippen LogP contribution in [0.1, 0.15) is 31.0 Å². The van der Waals surface area contributed by atoms with E-state index in [1.807, 2.05) is 38.9 Å². The van der Waals surface area contributed by atoms with Crippen molar-refractivity contribution >= 4 is 6.03 Å². The summed E-state index contributed by atoms with van der Waals surface area (Å²) >= 11 is 0. The summed E-state index contributed by atoms with van der Waals surface area (Å²) in [7, 11) is 3.74. The summed E-state index contributed by atoms with van der Waals surface area (Å²) in [5, 5.41) is 5.61. The van der Waals surface area contributed by atoms with Crippen LogP contribution in [0.4, 0.5) is 13.6 Å². The van der Waals surface area contributed by atoms with E-state index < -0.39 is 5.41 Å². The van der Waals surface area contributed by atoms with E-state index in [1.54, 1.807) is 24.3 Å². The highest BCUT2D eigenvalue weighted by Crippen LogP contribution is 2.24. The summed E-state index contributed by atoms with van der Waals surface area (Å²) < 4.78 is 27.5. The molecule has 0 saturated carbocycles. The molecule has 0 saturated heterocycles. The van der Waals surface area contributed by atoms with E-state index >= 15 is 0 Å². The van der Waals surface area contributed by atoms with Crippen LogP contribution in [0.15, 0.2) is 48.5 Å². The van der Waals surface area contributed by atoms with E-state index in [0.717, 1.165) is 5.56 Å². The second-order valence-electron chi connectivity index (χ2n) is 7.46. The van der Waals surface area contributed by atoms with E-state index in [-0.39, 0.29) is 30.3 Å². The normalized spacial score (nSPS) is 12.7. The van der Waals surface area contributed by atoms with Crippen LogP contribution in [-0.2, 0) is 5.41 Å². The second-order valence-corrected chi connectivity index (χ2v) is 7.46. The summed E-state index contributed by atoms with van der Waals surface area (Å²) in [5.74, 6) is -0.598. The summed E-state index contributed by atoms with van der Waals surface area (Å²) in [4.78, 5) is 14.1. The van der Waals surface area contributed by atoms with Crippen LogP contribution in [-0.4, -0.2) is 38.1 Å². The fraction of sp³-hybridized carbons (Fsp3) is 0.381. The summed E-state index contributed by atoms with van der Waals surface area (Å²) in [6.07, 6.45) is 0. The fourth-order valence-corrected chi connectivity index (χ4v) is 2.97. The molecule has 0 spiro atoms. The number of nitrogens with zero attached hydrogens (tertiary/aromatic N) is 1. The number of urea groups is 1. The van der Waals surface area contributed by atoms with Gasteiger partial charge in [0.05, 0.1) is 6.04 Å². The van der Waals surface area contributed by atoms with Crippen LogP contribution >= 0.6 is 0 Å². The molecule has 2 amide bonds. The van der Waals surface area contributed by atoms with Gasteiger partial charge in [0.25, 0.3) is 0 Å². The first-order valence-corrected chi connectivity index (χ1v) is 8.89. The van der Waals surface area contributed by atoms with Crippen molar-refractivity contribution in [1.29, 1.82) is 0 Å². The highest BCUT2D eigenvalue weighted by atomic mass is 19.1. The van der Waals surface area contributed by atoms with E-state index in [0.29, 0.717) is 12.1 Å². The first kappa shape index (κ1) is 20.8. The minimum atomic E-state index is -0.549. The van der Waals surface area contributed by atoms with Crippen molar-refractivity contribution in [3.05, 3.63) is 71.3 Å². The lowest BCUT2D eigenvalue weighted by atomic mass is 9.84. The molecule has 0 bridgehead atoms. The van der Waals surface area contributed by atoms with Crippen molar-refractivity contribution in [3.8, 4) is 0 Å². The number of benzene rings is 2. The molecular weight excluding hydrogens is 348 g/mol. The van der Waals surface area contributed by atoms with Crippen LogP contribution in [0.5, 0.6) is 0 Å². The number of rotatable bonds is 7. The predicted molar refractivity (Wildman–Crippen MR) is 104 cm³/mol. The minimum absolute atomic E-state index is 0.161. The average molecular weight is 375 g/mol. The molecule has 1 atom stereocenters. The third-order valence-electron chi connectivity index (χ3n) is 4.61. The molecule has 2 aromatic rings. The zero-order chi connectivity index (χ0) is 20.0. The Morgan fingerprint density at radius 3 is 2.41 bits per heavy atom. The lowest BCUT2D eigenvalue weighted by molar-refractivity contribution is 0.230. The van der Waals surface area contributed by atoms with Gasteiger partial charge < -0.3 is 15.5 Å². The van der Waals surface area contributed by atoms with Gasteiger partial charge in [-0.1, -0.05) is 44.2 Å². The molecule has 0 aliphatic carbocycles. The highest BCUT2D eigenvalue weighted by Gasteiger charge is 2.24. The molecule has 0 aliphatic rings. The zero-order valence-corrected chi connectivity index (χ0v) is 16.2. The van der Waals surface area contributed by atoms with Crippen molar-refractivity contribution in [2.75, 3.05) is 27.2 Å². The van der Waals surface area contributed by atoms with E-state index in [4.69, 9.17) is 0 Å². The van der Waals surface area contributed by atoms with Gasteiger partial charge in [0.15, 0.2) is 0 Å². The SMILES string of the molecule is CN(C)C(CNC(=O)NCC(C)(C)c1ccccc1F)c1cccc(F)c1. The van der Waals surface area contributed by atoms with Gasteiger partial charge in [-0.25, -0.2) is 13.6 Å². The molecule has 0 radical (unpaired) electrons. The molecule has 2 aromatic carbocycles. The molecule has 27 heavy (non-hydrogen) atoms. The van der Waals surface area contributed by atoms with E-state index in [9.17, 15) is 13.6 Å². The maximum Gasteiger partial charge on any atom is 0.314 e. The average Bonchev–Trinajstić information content (AvgIpc) is 2.60. The van der Waals surface area contributed by atoms with Gasteiger partial charge in [-0.05, 0) is 43.4 Å². The number of likely N-dealkylation sites (N-methyl/N-ethyl adjacent to an activating group) is 1. The summed E-state index contributed by atoms with van der Waals surface area (Å²) in [6.45, 7) is 4.36. The topological polar surface area (TPSA) is 44.4 Å². The molecule has 146 valence electrons. The zero-order valence-electron chi connectivity index (χ0n) is 16.2. The predicted octanol–water partition coefficient (Wildman–Crippen LogP) is 3.84. The molecular formula is C21H27F2N3O. The molecule has 6 heteroatoms. The van der Waals surface area contributed by atoms with Crippen LogP contribution in [0.2, 0.25) is 0 Å². The van der Waals surface area contributed by atoms with Crippen molar-refractivity contribution in [2.24, 2.45) is 0 Å². The molecule has 1 unspecified atom stereocenters.